The van der Waals surface area contributed by atoms with E-state index in [4.69, 9.17) is 5.73 Å². The number of hydrogen-bond donors (Lipinski definition) is 2. The number of hydrogen-bond acceptors (Lipinski definition) is 4. The third kappa shape index (κ3) is 3.30. The monoisotopic (exact) mass is 290 g/mol. The zero-order chi connectivity index (χ0) is 15.4. The number of amides is 1. The number of carbonyl (C=O) groups is 1. The molecule has 3 N–H and O–H groups in total. The molecule has 0 aromatic carbocycles. The van der Waals surface area contributed by atoms with E-state index in [0.717, 1.165) is 36.5 Å². The molecule has 0 bridgehead atoms. The van der Waals surface area contributed by atoms with Gasteiger partial charge in [-0.15, -0.1) is 0 Å². The average molecular weight is 290 g/mol. The van der Waals surface area contributed by atoms with E-state index in [1.165, 1.54) is 0 Å². The Labute approximate surface area is 124 Å². The zero-order valence-electron chi connectivity index (χ0n) is 12.8. The van der Waals surface area contributed by atoms with Gasteiger partial charge in [0.1, 0.15) is 0 Å². The van der Waals surface area contributed by atoms with Gasteiger partial charge in [0.05, 0.1) is 23.1 Å². The van der Waals surface area contributed by atoms with Gasteiger partial charge in [0.25, 0.3) is 5.91 Å². The molecular formula is C14H22N6O. The van der Waals surface area contributed by atoms with Gasteiger partial charge in [0, 0.05) is 25.5 Å². The maximum absolute atomic E-state index is 12.4. The second-order valence-corrected chi connectivity index (χ2v) is 4.98. The number of nitrogens with two attached hydrogens (primary N) is 1. The van der Waals surface area contributed by atoms with Crippen LogP contribution in [0.1, 0.15) is 35.1 Å². The molecule has 2 heterocycles. The highest BCUT2D eigenvalue weighted by molar-refractivity contribution is 6.05. The van der Waals surface area contributed by atoms with Gasteiger partial charge >= 0.3 is 0 Å². The molecule has 21 heavy (non-hydrogen) atoms. The molecule has 2 aromatic heterocycles. The summed E-state index contributed by atoms with van der Waals surface area (Å²) in [7, 11) is 1.84. The smallest absolute Gasteiger partial charge is 0.259 e. The van der Waals surface area contributed by atoms with Crippen molar-refractivity contribution in [1.29, 1.82) is 0 Å². The summed E-state index contributed by atoms with van der Waals surface area (Å²) in [6.07, 6.45) is 5.02. The molecular weight excluding hydrogens is 268 g/mol. The minimum atomic E-state index is -0.158. The number of nitrogens with zero attached hydrogens (tertiary/aromatic N) is 4. The standard InChI is InChI=1S/C14H22N6O/c1-4-12-13(9-19(3)18-12)17-14(21)11-8-16-20(10(11)2)7-5-6-15/h8-9H,4-7,15H2,1-3H3,(H,17,21). The first kappa shape index (κ1) is 15.2. The lowest BCUT2D eigenvalue weighted by atomic mass is 10.2. The first-order chi connectivity index (χ1) is 10.1. The van der Waals surface area contributed by atoms with Gasteiger partial charge in [-0.25, -0.2) is 0 Å². The first-order valence-electron chi connectivity index (χ1n) is 7.13. The molecule has 0 aliphatic rings. The Balaban J connectivity index is 2.15. The molecule has 0 unspecified atom stereocenters. The fraction of sp³-hybridized carbons (Fsp3) is 0.500. The van der Waals surface area contributed by atoms with E-state index in [1.54, 1.807) is 10.9 Å². The molecule has 114 valence electrons. The minimum absolute atomic E-state index is 0.158. The molecule has 2 rings (SSSR count). The van der Waals surface area contributed by atoms with Crippen LogP contribution in [0.3, 0.4) is 0 Å². The molecule has 1 amide bonds. The van der Waals surface area contributed by atoms with Crippen LogP contribution in [0.4, 0.5) is 5.69 Å². The van der Waals surface area contributed by atoms with E-state index >= 15 is 0 Å². The fourth-order valence-corrected chi connectivity index (χ4v) is 2.23. The van der Waals surface area contributed by atoms with E-state index in [-0.39, 0.29) is 5.91 Å². The lowest BCUT2D eigenvalue weighted by Gasteiger charge is -2.05. The largest absolute Gasteiger partial charge is 0.330 e. The van der Waals surface area contributed by atoms with Crippen molar-refractivity contribution >= 4 is 11.6 Å². The van der Waals surface area contributed by atoms with E-state index in [9.17, 15) is 4.79 Å². The van der Waals surface area contributed by atoms with E-state index in [2.05, 4.69) is 15.5 Å². The summed E-state index contributed by atoms with van der Waals surface area (Å²) < 4.78 is 3.51. The Morgan fingerprint density at radius 3 is 2.90 bits per heavy atom. The molecule has 7 heteroatoms. The number of carbonyl (C=O) groups excluding carboxylic acids is 1. The van der Waals surface area contributed by atoms with E-state index in [1.807, 2.05) is 31.8 Å². The van der Waals surface area contributed by atoms with Gasteiger partial charge in [-0.1, -0.05) is 6.92 Å². The van der Waals surface area contributed by atoms with Crippen molar-refractivity contribution in [2.24, 2.45) is 12.8 Å². The summed E-state index contributed by atoms with van der Waals surface area (Å²) >= 11 is 0. The predicted molar refractivity (Wildman–Crippen MR) is 81.2 cm³/mol. The van der Waals surface area contributed by atoms with E-state index in [0.29, 0.717) is 12.1 Å². The maximum atomic E-state index is 12.4. The first-order valence-corrected chi connectivity index (χ1v) is 7.13. The highest BCUT2D eigenvalue weighted by atomic mass is 16.1. The van der Waals surface area contributed by atoms with Crippen LogP contribution in [-0.4, -0.2) is 32.0 Å². The lowest BCUT2D eigenvalue weighted by Crippen LogP contribution is -2.14. The van der Waals surface area contributed by atoms with Crippen molar-refractivity contribution in [2.75, 3.05) is 11.9 Å². The van der Waals surface area contributed by atoms with Crippen LogP contribution in [0.2, 0.25) is 0 Å². The molecule has 0 saturated heterocycles. The van der Waals surface area contributed by atoms with Gasteiger partial charge in [0.15, 0.2) is 0 Å². The second kappa shape index (κ2) is 6.53. The summed E-state index contributed by atoms with van der Waals surface area (Å²) in [5.41, 5.74) is 8.55. The van der Waals surface area contributed by atoms with Crippen molar-refractivity contribution in [3.63, 3.8) is 0 Å². The number of rotatable bonds is 6. The summed E-state index contributed by atoms with van der Waals surface area (Å²) in [4.78, 5) is 12.4. The highest BCUT2D eigenvalue weighted by Crippen LogP contribution is 2.16. The molecule has 0 radical (unpaired) electrons. The normalized spacial score (nSPS) is 10.9. The van der Waals surface area contributed by atoms with Crippen LogP contribution in [0.5, 0.6) is 0 Å². The Hall–Kier alpha value is -2.15. The second-order valence-electron chi connectivity index (χ2n) is 4.98. The van der Waals surface area contributed by atoms with Gasteiger partial charge < -0.3 is 11.1 Å². The quantitative estimate of drug-likeness (QED) is 0.833. The van der Waals surface area contributed by atoms with Crippen molar-refractivity contribution in [3.8, 4) is 0 Å². The van der Waals surface area contributed by atoms with Crippen LogP contribution >= 0.6 is 0 Å². The number of aryl methyl sites for hydroxylation is 3. The third-order valence-electron chi connectivity index (χ3n) is 3.41. The van der Waals surface area contributed by atoms with Crippen molar-refractivity contribution < 1.29 is 4.79 Å². The maximum Gasteiger partial charge on any atom is 0.259 e. The van der Waals surface area contributed by atoms with Crippen molar-refractivity contribution in [2.45, 2.75) is 33.2 Å². The Morgan fingerprint density at radius 2 is 2.24 bits per heavy atom. The molecule has 7 nitrogen and oxygen atoms in total. The SMILES string of the molecule is CCc1nn(C)cc1NC(=O)c1cnn(CCCN)c1C. The number of nitrogens with one attached hydrogen (secondary N) is 1. The van der Waals surface area contributed by atoms with Gasteiger partial charge in [0.2, 0.25) is 0 Å². The van der Waals surface area contributed by atoms with Crippen LogP contribution in [-0.2, 0) is 20.0 Å². The molecule has 0 fully saturated rings. The fourth-order valence-electron chi connectivity index (χ4n) is 2.23. The van der Waals surface area contributed by atoms with Crippen LogP contribution < -0.4 is 11.1 Å². The van der Waals surface area contributed by atoms with Gasteiger partial charge in [-0.3, -0.25) is 14.2 Å². The number of anilines is 1. The Kier molecular flexibility index (Phi) is 4.74. The molecule has 0 aliphatic carbocycles. The van der Waals surface area contributed by atoms with Crippen molar-refractivity contribution in [3.05, 3.63) is 29.3 Å². The minimum Gasteiger partial charge on any atom is -0.330 e. The topological polar surface area (TPSA) is 90.8 Å². The summed E-state index contributed by atoms with van der Waals surface area (Å²) in [5, 5.41) is 11.5. The van der Waals surface area contributed by atoms with Gasteiger partial charge in [-0.2, -0.15) is 10.2 Å². The molecule has 2 aromatic rings. The van der Waals surface area contributed by atoms with Crippen LogP contribution in [0, 0.1) is 6.92 Å². The summed E-state index contributed by atoms with van der Waals surface area (Å²) in [6.45, 7) is 5.23. The average Bonchev–Trinajstić information content (AvgIpc) is 2.99. The summed E-state index contributed by atoms with van der Waals surface area (Å²) in [5.74, 6) is -0.158. The van der Waals surface area contributed by atoms with Crippen LogP contribution in [0.25, 0.3) is 0 Å². The van der Waals surface area contributed by atoms with Crippen molar-refractivity contribution in [1.82, 2.24) is 19.6 Å². The van der Waals surface area contributed by atoms with Crippen LogP contribution in [0.15, 0.2) is 12.4 Å². The highest BCUT2D eigenvalue weighted by Gasteiger charge is 2.16. The molecule has 0 saturated carbocycles. The number of aromatic nitrogens is 4. The lowest BCUT2D eigenvalue weighted by molar-refractivity contribution is 0.102. The van der Waals surface area contributed by atoms with E-state index < -0.39 is 0 Å². The Bertz CT molecular complexity index is 627. The van der Waals surface area contributed by atoms with Gasteiger partial charge in [-0.05, 0) is 26.3 Å². The molecule has 0 spiro atoms. The third-order valence-corrected chi connectivity index (χ3v) is 3.41. The predicted octanol–water partition coefficient (Wildman–Crippen LogP) is 1.09. The summed E-state index contributed by atoms with van der Waals surface area (Å²) in [6, 6.07) is 0. The molecule has 0 atom stereocenters. The zero-order valence-corrected chi connectivity index (χ0v) is 12.8. The molecule has 0 aliphatic heterocycles. The Morgan fingerprint density at radius 1 is 1.48 bits per heavy atom.